The number of carboxylic acid groups (broad SMARTS) is 1. The Balaban J connectivity index is 0.00000312. The van der Waals surface area contributed by atoms with Gasteiger partial charge >= 0.3 is 29.6 Å². The van der Waals surface area contributed by atoms with Crippen molar-refractivity contribution in [2.24, 2.45) is 11.8 Å². The number of carbonyl (C=O) groups excluding carboxylic acids is 1. The van der Waals surface area contributed by atoms with Crippen molar-refractivity contribution in [3.8, 4) is 0 Å². The first-order valence-corrected chi connectivity index (χ1v) is 9.55. The molecule has 0 radical (unpaired) electrons. The summed E-state index contributed by atoms with van der Waals surface area (Å²) in [6.07, 6.45) is 10.4. The molecule has 0 aromatic heterocycles. The number of hydrogen-bond acceptors (Lipinski definition) is 3. The van der Waals surface area contributed by atoms with Crippen LogP contribution in [0.3, 0.4) is 0 Å². The van der Waals surface area contributed by atoms with Crippen LogP contribution in [0.1, 0.15) is 69.8 Å². The number of hydrogen-bond donors (Lipinski definition) is 1. The molecule has 1 fully saturated rings. The van der Waals surface area contributed by atoms with E-state index in [2.05, 4.69) is 24.3 Å². The van der Waals surface area contributed by atoms with Crippen LogP contribution in [0.5, 0.6) is 0 Å². The number of carboxylic acids is 1. The van der Waals surface area contributed by atoms with E-state index < -0.39 is 5.97 Å². The molecule has 0 aliphatic heterocycles. The Morgan fingerprint density at radius 1 is 1.12 bits per heavy atom. The minimum Gasteiger partial charge on any atom is -0.550 e. The van der Waals surface area contributed by atoms with Gasteiger partial charge in [0.2, 0.25) is 0 Å². The van der Waals surface area contributed by atoms with Crippen molar-refractivity contribution in [1.29, 1.82) is 0 Å². The zero-order valence-corrected chi connectivity index (χ0v) is 17.7. The first kappa shape index (κ1) is 22.7. The van der Waals surface area contributed by atoms with Crippen LogP contribution in [0, 0.1) is 11.8 Å². The number of aliphatic hydroxyl groups is 1. The van der Waals surface area contributed by atoms with E-state index in [4.69, 9.17) is 0 Å². The Labute approximate surface area is 174 Å². The molecule has 2 rings (SSSR count). The van der Waals surface area contributed by atoms with Gasteiger partial charge in [0.25, 0.3) is 0 Å². The molecule has 0 spiro atoms. The molecule has 0 saturated heterocycles. The van der Waals surface area contributed by atoms with E-state index in [1.54, 1.807) is 0 Å². The molecule has 0 bridgehead atoms. The van der Waals surface area contributed by atoms with Gasteiger partial charge in [0.1, 0.15) is 0 Å². The first-order valence-electron chi connectivity index (χ1n) is 9.55. The van der Waals surface area contributed by atoms with Crippen LogP contribution in [0.2, 0.25) is 0 Å². The summed E-state index contributed by atoms with van der Waals surface area (Å²) in [6.45, 7) is 0. The molecule has 1 aliphatic carbocycles. The third kappa shape index (κ3) is 9.79. The third-order valence-corrected chi connectivity index (χ3v) is 5.35. The van der Waals surface area contributed by atoms with Crippen molar-refractivity contribution in [3.63, 3.8) is 0 Å². The number of carbonyl (C=O) groups is 1. The van der Waals surface area contributed by atoms with Crippen molar-refractivity contribution >= 4 is 5.97 Å². The van der Waals surface area contributed by atoms with E-state index in [1.807, 2.05) is 6.07 Å². The summed E-state index contributed by atoms with van der Waals surface area (Å²) in [7, 11) is 0. The summed E-state index contributed by atoms with van der Waals surface area (Å²) in [6, 6.07) is 10.5. The summed E-state index contributed by atoms with van der Waals surface area (Å²) in [4.78, 5) is 10.7. The average Bonchev–Trinajstić information content (AvgIpc) is 2.58. The maximum Gasteiger partial charge on any atom is 1.00 e. The molecular formula is C21H31NaO3. The van der Waals surface area contributed by atoms with Crippen LogP contribution in [0.4, 0.5) is 0 Å². The molecule has 3 nitrogen and oxygen atoms in total. The smallest absolute Gasteiger partial charge is 0.550 e. The largest absolute Gasteiger partial charge is 1.00 e. The van der Waals surface area contributed by atoms with Gasteiger partial charge < -0.3 is 15.0 Å². The van der Waals surface area contributed by atoms with Crippen LogP contribution >= 0.6 is 0 Å². The Hall–Kier alpha value is -0.350. The van der Waals surface area contributed by atoms with Crippen molar-refractivity contribution in [3.05, 3.63) is 35.9 Å². The van der Waals surface area contributed by atoms with Crippen molar-refractivity contribution < 1.29 is 44.6 Å². The molecule has 3 atom stereocenters. The van der Waals surface area contributed by atoms with E-state index in [9.17, 15) is 15.0 Å². The van der Waals surface area contributed by atoms with Crippen LogP contribution < -0.4 is 34.7 Å². The number of unbranched alkanes of at least 4 members (excludes halogenated alkanes) is 1. The summed E-state index contributed by atoms with van der Waals surface area (Å²) >= 11 is 0. The van der Waals surface area contributed by atoms with Gasteiger partial charge in [-0.2, -0.15) is 0 Å². The van der Waals surface area contributed by atoms with Gasteiger partial charge in [0.15, 0.2) is 0 Å². The molecule has 4 heteroatoms. The summed E-state index contributed by atoms with van der Waals surface area (Å²) < 4.78 is 0. The standard InChI is InChI=1S/C21H32O3.Na/c22-20(12-5-4-9-17-7-2-1-3-8-17)14-13-18-10-6-11-19(15-18)16-21(23)24;/h1-3,7-8,18-20,22H,4-6,9-16H2,(H,23,24);/q;+1/p-1/t18-,19+,20?;/m1./s1. The summed E-state index contributed by atoms with van der Waals surface area (Å²) in [5.41, 5.74) is 1.37. The summed E-state index contributed by atoms with van der Waals surface area (Å²) in [5.74, 6) is -0.0436. The van der Waals surface area contributed by atoms with Gasteiger partial charge in [-0.25, -0.2) is 0 Å². The normalized spacial score (nSPS) is 21.3. The van der Waals surface area contributed by atoms with Crippen molar-refractivity contribution in [1.82, 2.24) is 0 Å². The minimum absolute atomic E-state index is 0. The molecule has 1 aromatic rings. The van der Waals surface area contributed by atoms with Crippen molar-refractivity contribution in [2.45, 2.75) is 76.7 Å². The molecule has 1 unspecified atom stereocenters. The summed E-state index contributed by atoms with van der Waals surface area (Å²) in [5, 5.41) is 20.9. The number of aliphatic hydroxyl groups excluding tert-OH is 1. The maximum absolute atomic E-state index is 10.7. The third-order valence-electron chi connectivity index (χ3n) is 5.35. The van der Waals surface area contributed by atoms with E-state index in [0.717, 1.165) is 57.8 Å². The van der Waals surface area contributed by atoms with Crippen LogP contribution in [-0.4, -0.2) is 17.2 Å². The Morgan fingerprint density at radius 2 is 1.84 bits per heavy atom. The van der Waals surface area contributed by atoms with E-state index >= 15 is 0 Å². The van der Waals surface area contributed by atoms with Crippen molar-refractivity contribution in [2.75, 3.05) is 0 Å². The number of aliphatic carboxylic acids is 1. The molecule has 0 amide bonds. The topological polar surface area (TPSA) is 60.4 Å². The van der Waals surface area contributed by atoms with Gasteiger partial charge in [-0.3, -0.25) is 0 Å². The number of benzene rings is 1. The first-order chi connectivity index (χ1) is 11.6. The van der Waals surface area contributed by atoms with Gasteiger partial charge in [-0.05, 0) is 62.3 Å². The zero-order chi connectivity index (χ0) is 17.2. The predicted molar refractivity (Wildman–Crippen MR) is 94.3 cm³/mol. The molecular weight excluding hydrogens is 323 g/mol. The monoisotopic (exact) mass is 354 g/mol. The Bertz CT molecular complexity index is 477. The second-order valence-corrected chi connectivity index (χ2v) is 7.44. The molecule has 25 heavy (non-hydrogen) atoms. The van der Waals surface area contributed by atoms with Gasteiger partial charge in [-0.1, -0.05) is 56.0 Å². The molecule has 134 valence electrons. The molecule has 1 aliphatic rings. The molecule has 1 aromatic carbocycles. The van der Waals surface area contributed by atoms with Crippen LogP contribution in [0.15, 0.2) is 30.3 Å². The van der Waals surface area contributed by atoms with Gasteiger partial charge in [0, 0.05) is 5.97 Å². The Kier molecular flexibility index (Phi) is 11.7. The van der Waals surface area contributed by atoms with Gasteiger partial charge in [0.05, 0.1) is 6.10 Å². The second kappa shape index (κ2) is 12.9. The predicted octanol–water partition coefficient (Wildman–Crippen LogP) is 0.491. The number of rotatable bonds is 10. The zero-order valence-electron chi connectivity index (χ0n) is 15.7. The fraction of sp³-hybridized carbons (Fsp3) is 0.667. The van der Waals surface area contributed by atoms with Crippen LogP contribution in [0.25, 0.3) is 0 Å². The maximum atomic E-state index is 10.7. The fourth-order valence-electron chi connectivity index (χ4n) is 4.01. The molecule has 1 N–H and O–H groups in total. The fourth-order valence-corrected chi connectivity index (χ4v) is 4.01. The average molecular weight is 354 g/mol. The van der Waals surface area contributed by atoms with E-state index in [0.29, 0.717) is 5.92 Å². The minimum atomic E-state index is -0.917. The van der Waals surface area contributed by atoms with E-state index in [1.165, 1.54) is 12.0 Å². The molecule has 0 heterocycles. The quantitative estimate of drug-likeness (QED) is 0.491. The Morgan fingerprint density at radius 3 is 2.56 bits per heavy atom. The second-order valence-electron chi connectivity index (χ2n) is 7.44. The number of aryl methyl sites for hydroxylation is 1. The van der Waals surface area contributed by atoms with E-state index in [-0.39, 0.29) is 48.0 Å². The SMILES string of the molecule is O=C([O-])C[C@H]1CCC[C@H](CCC(O)CCCCc2ccccc2)C1.[Na+]. The molecule has 1 saturated carbocycles. The van der Waals surface area contributed by atoms with Crippen LogP contribution in [-0.2, 0) is 11.2 Å². The van der Waals surface area contributed by atoms with Gasteiger partial charge in [-0.15, -0.1) is 0 Å².